The highest BCUT2D eigenvalue weighted by atomic mass is 16.2. The molecule has 3 N–H and O–H groups in total. The first kappa shape index (κ1) is 17.9. The second-order valence-corrected chi connectivity index (χ2v) is 6.45. The zero-order chi connectivity index (χ0) is 18.4. The number of nitrogen functional groups attached to an aromatic ring is 1. The number of piperazine rings is 1. The minimum absolute atomic E-state index is 0.0158. The lowest BCUT2D eigenvalue weighted by molar-refractivity contribution is -0.131. The Labute approximate surface area is 153 Å². The van der Waals surface area contributed by atoms with E-state index in [4.69, 9.17) is 5.73 Å². The molecule has 0 saturated carbocycles. The van der Waals surface area contributed by atoms with E-state index < -0.39 is 0 Å². The molecule has 0 aliphatic carbocycles. The van der Waals surface area contributed by atoms with Crippen LogP contribution in [-0.2, 0) is 11.3 Å². The molecular formula is C20H24N4O2. The van der Waals surface area contributed by atoms with E-state index in [0.29, 0.717) is 24.3 Å². The molecule has 1 fully saturated rings. The standard InChI is InChI=1S/C20H24N4O2/c21-18-8-6-17(7-9-18)20(26)22-14-19(25)24-12-10-23(11-13-24)15-16-4-2-1-3-5-16/h1-9H,10-15,21H2,(H,22,26). The lowest BCUT2D eigenvalue weighted by atomic mass is 10.2. The highest BCUT2D eigenvalue weighted by Crippen LogP contribution is 2.09. The summed E-state index contributed by atoms with van der Waals surface area (Å²) in [6.45, 7) is 3.96. The summed E-state index contributed by atoms with van der Waals surface area (Å²) < 4.78 is 0. The Morgan fingerprint density at radius 2 is 1.58 bits per heavy atom. The van der Waals surface area contributed by atoms with Crippen molar-refractivity contribution >= 4 is 17.5 Å². The summed E-state index contributed by atoms with van der Waals surface area (Å²) in [4.78, 5) is 28.5. The molecule has 0 aromatic heterocycles. The van der Waals surface area contributed by atoms with E-state index in [1.54, 1.807) is 24.3 Å². The van der Waals surface area contributed by atoms with Crippen LogP contribution in [0.4, 0.5) is 5.69 Å². The van der Waals surface area contributed by atoms with E-state index in [2.05, 4.69) is 22.3 Å². The van der Waals surface area contributed by atoms with Crippen LogP contribution in [0.5, 0.6) is 0 Å². The average molecular weight is 352 g/mol. The summed E-state index contributed by atoms with van der Waals surface area (Å²) in [5, 5.41) is 2.68. The number of benzene rings is 2. The molecule has 26 heavy (non-hydrogen) atoms. The second-order valence-electron chi connectivity index (χ2n) is 6.45. The Hall–Kier alpha value is -2.86. The third-order valence-electron chi connectivity index (χ3n) is 4.55. The number of rotatable bonds is 5. The number of amides is 2. The first-order chi connectivity index (χ1) is 12.6. The van der Waals surface area contributed by atoms with Gasteiger partial charge in [0.2, 0.25) is 5.91 Å². The molecule has 0 unspecified atom stereocenters. The minimum Gasteiger partial charge on any atom is -0.399 e. The van der Waals surface area contributed by atoms with Gasteiger partial charge in [0.05, 0.1) is 6.54 Å². The van der Waals surface area contributed by atoms with E-state index in [1.807, 2.05) is 23.1 Å². The van der Waals surface area contributed by atoms with Crippen LogP contribution in [0.2, 0.25) is 0 Å². The molecule has 2 aromatic carbocycles. The number of nitrogens with one attached hydrogen (secondary N) is 1. The van der Waals surface area contributed by atoms with Gasteiger partial charge in [-0.05, 0) is 29.8 Å². The highest BCUT2D eigenvalue weighted by molar-refractivity contribution is 5.96. The van der Waals surface area contributed by atoms with E-state index >= 15 is 0 Å². The fraction of sp³-hybridized carbons (Fsp3) is 0.300. The van der Waals surface area contributed by atoms with Crippen molar-refractivity contribution in [3.63, 3.8) is 0 Å². The molecule has 3 rings (SSSR count). The van der Waals surface area contributed by atoms with Gasteiger partial charge >= 0.3 is 0 Å². The van der Waals surface area contributed by atoms with Gasteiger partial charge in [0.1, 0.15) is 0 Å². The minimum atomic E-state index is -0.263. The Bertz CT molecular complexity index is 738. The van der Waals surface area contributed by atoms with Crippen molar-refractivity contribution < 1.29 is 9.59 Å². The van der Waals surface area contributed by atoms with Crippen LogP contribution in [0.3, 0.4) is 0 Å². The molecule has 1 aliphatic heterocycles. The number of carbonyl (C=O) groups is 2. The fourth-order valence-electron chi connectivity index (χ4n) is 3.00. The summed E-state index contributed by atoms with van der Waals surface area (Å²) in [6, 6.07) is 17.0. The van der Waals surface area contributed by atoms with Gasteiger partial charge in [-0.1, -0.05) is 30.3 Å². The van der Waals surface area contributed by atoms with Crippen molar-refractivity contribution in [2.24, 2.45) is 0 Å². The molecule has 6 heteroatoms. The lowest BCUT2D eigenvalue weighted by Gasteiger charge is -2.34. The first-order valence-corrected chi connectivity index (χ1v) is 8.79. The van der Waals surface area contributed by atoms with Gasteiger partial charge in [-0.25, -0.2) is 0 Å². The van der Waals surface area contributed by atoms with Crippen LogP contribution in [0.25, 0.3) is 0 Å². The quantitative estimate of drug-likeness (QED) is 0.796. The van der Waals surface area contributed by atoms with Crippen LogP contribution in [0.15, 0.2) is 54.6 Å². The number of carbonyl (C=O) groups excluding carboxylic acids is 2. The lowest BCUT2D eigenvalue weighted by Crippen LogP contribution is -2.50. The molecule has 6 nitrogen and oxygen atoms in total. The van der Waals surface area contributed by atoms with Crippen molar-refractivity contribution in [2.45, 2.75) is 6.54 Å². The predicted octanol–water partition coefficient (Wildman–Crippen LogP) is 1.34. The maximum absolute atomic E-state index is 12.3. The molecule has 2 amide bonds. The van der Waals surface area contributed by atoms with Gasteiger partial charge in [-0.15, -0.1) is 0 Å². The van der Waals surface area contributed by atoms with Crippen molar-refractivity contribution in [1.82, 2.24) is 15.1 Å². The van der Waals surface area contributed by atoms with E-state index in [-0.39, 0.29) is 18.4 Å². The van der Waals surface area contributed by atoms with Crippen LogP contribution >= 0.6 is 0 Å². The van der Waals surface area contributed by atoms with Crippen molar-refractivity contribution in [3.8, 4) is 0 Å². The second kappa shape index (κ2) is 8.49. The zero-order valence-electron chi connectivity index (χ0n) is 14.7. The maximum atomic E-state index is 12.3. The summed E-state index contributed by atoms with van der Waals surface area (Å²) in [5.74, 6) is -0.311. The predicted molar refractivity (Wildman–Crippen MR) is 101 cm³/mol. The Kier molecular flexibility index (Phi) is 5.86. The molecule has 1 aliphatic rings. The molecule has 136 valence electrons. The Morgan fingerprint density at radius 3 is 2.23 bits per heavy atom. The number of nitrogens with zero attached hydrogens (tertiary/aromatic N) is 2. The third kappa shape index (κ3) is 4.83. The topological polar surface area (TPSA) is 78.7 Å². The number of hydrogen-bond acceptors (Lipinski definition) is 4. The van der Waals surface area contributed by atoms with Gasteiger partial charge in [-0.2, -0.15) is 0 Å². The van der Waals surface area contributed by atoms with Gasteiger partial charge in [-0.3, -0.25) is 14.5 Å². The smallest absolute Gasteiger partial charge is 0.251 e. The summed E-state index contributed by atoms with van der Waals surface area (Å²) in [6.07, 6.45) is 0. The summed E-state index contributed by atoms with van der Waals surface area (Å²) >= 11 is 0. The number of hydrogen-bond donors (Lipinski definition) is 2. The highest BCUT2D eigenvalue weighted by Gasteiger charge is 2.21. The van der Waals surface area contributed by atoms with Crippen LogP contribution in [0, 0.1) is 0 Å². The molecule has 0 bridgehead atoms. The SMILES string of the molecule is Nc1ccc(C(=O)NCC(=O)N2CCN(Cc3ccccc3)CC2)cc1. The zero-order valence-corrected chi connectivity index (χ0v) is 14.7. The first-order valence-electron chi connectivity index (χ1n) is 8.79. The fourth-order valence-corrected chi connectivity index (χ4v) is 3.00. The molecule has 1 saturated heterocycles. The van der Waals surface area contributed by atoms with Crippen molar-refractivity contribution in [3.05, 3.63) is 65.7 Å². The molecule has 0 spiro atoms. The van der Waals surface area contributed by atoms with Gasteiger partial charge in [0, 0.05) is 44.0 Å². The molecule has 2 aromatic rings. The Morgan fingerprint density at radius 1 is 0.923 bits per heavy atom. The van der Waals surface area contributed by atoms with E-state index in [0.717, 1.165) is 19.6 Å². The van der Waals surface area contributed by atoms with Crippen LogP contribution in [-0.4, -0.2) is 54.3 Å². The molecule has 0 radical (unpaired) electrons. The monoisotopic (exact) mass is 352 g/mol. The molecule has 0 atom stereocenters. The normalized spacial score (nSPS) is 14.8. The van der Waals surface area contributed by atoms with Gasteiger partial charge < -0.3 is 16.0 Å². The molecule has 1 heterocycles. The van der Waals surface area contributed by atoms with Gasteiger partial charge in [0.25, 0.3) is 5.91 Å². The third-order valence-corrected chi connectivity index (χ3v) is 4.55. The van der Waals surface area contributed by atoms with Crippen LogP contribution in [0.1, 0.15) is 15.9 Å². The largest absolute Gasteiger partial charge is 0.399 e. The number of nitrogens with two attached hydrogens (primary N) is 1. The average Bonchev–Trinajstić information content (AvgIpc) is 2.68. The van der Waals surface area contributed by atoms with Crippen LogP contribution < -0.4 is 11.1 Å². The summed E-state index contributed by atoms with van der Waals surface area (Å²) in [7, 11) is 0. The van der Waals surface area contributed by atoms with Crippen molar-refractivity contribution in [2.75, 3.05) is 38.5 Å². The van der Waals surface area contributed by atoms with E-state index in [9.17, 15) is 9.59 Å². The maximum Gasteiger partial charge on any atom is 0.251 e. The van der Waals surface area contributed by atoms with E-state index in [1.165, 1.54) is 5.56 Å². The Balaban J connectivity index is 1.42. The van der Waals surface area contributed by atoms with Crippen molar-refractivity contribution in [1.29, 1.82) is 0 Å². The van der Waals surface area contributed by atoms with Gasteiger partial charge in [0.15, 0.2) is 0 Å². The summed E-state index contributed by atoms with van der Waals surface area (Å²) in [5.41, 5.74) is 7.99. The molecular weight excluding hydrogens is 328 g/mol. The number of anilines is 1.